The molecule has 28 heavy (non-hydrogen) atoms. The second-order valence-corrected chi connectivity index (χ2v) is 6.32. The maximum absolute atomic E-state index is 13.1. The molecule has 138 valence electrons. The minimum Gasteiger partial charge on any atom is -0.272 e. The molecule has 0 spiro atoms. The topological polar surface area (TPSA) is 123 Å². The van der Waals surface area contributed by atoms with Gasteiger partial charge < -0.3 is 0 Å². The molecule has 8 nitrogen and oxygen atoms in total. The molecule has 2 atom stereocenters. The molecule has 0 saturated heterocycles. The molecule has 1 aliphatic rings. The first kappa shape index (κ1) is 18.7. The zero-order chi connectivity index (χ0) is 20.3. The summed E-state index contributed by atoms with van der Waals surface area (Å²) in [5, 5.41) is 35.7. The molecule has 0 bridgehead atoms. The van der Waals surface area contributed by atoms with E-state index in [0.29, 0.717) is 17.0 Å². The number of para-hydroxylation sites is 1. The molecule has 3 rings (SSSR count). The Morgan fingerprint density at radius 3 is 2.43 bits per heavy atom. The Hall–Kier alpha value is -4.04. The third kappa shape index (κ3) is 3.31. The van der Waals surface area contributed by atoms with Gasteiger partial charge in [0.25, 0.3) is 11.6 Å². The van der Waals surface area contributed by atoms with Crippen LogP contribution in [0.4, 0.5) is 11.4 Å². The van der Waals surface area contributed by atoms with E-state index in [0.717, 1.165) is 0 Å². The lowest BCUT2D eigenvalue weighted by molar-refractivity contribution is -0.384. The van der Waals surface area contributed by atoms with Gasteiger partial charge in [0, 0.05) is 23.8 Å². The number of hydrogen-bond acceptors (Lipinski definition) is 6. The molecule has 0 N–H and O–H groups in total. The lowest BCUT2D eigenvalue weighted by Gasteiger charge is -2.24. The van der Waals surface area contributed by atoms with Crippen molar-refractivity contribution in [1.82, 2.24) is 0 Å². The van der Waals surface area contributed by atoms with E-state index in [9.17, 15) is 25.4 Å². The number of rotatable bonds is 5. The fraction of sp³-hybridized carbons (Fsp3) is 0.200. The second-order valence-electron chi connectivity index (χ2n) is 6.32. The van der Waals surface area contributed by atoms with Crippen LogP contribution in [0, 0.1) is 44.6 Å². The summed E-state index contributed by atoms with van der Waals surface area (Å²) in [6.45, 7) is 1.65. The Kier molecular flexibility index (Phi) is 5.14. The van der Waals surface area contributed by atoms with Gasteiger partial charge in [0.15, 0.2) is 0 Å². The molecule has 8 heteroatoms. The molecule has 1 amide bonds. The fourth-order valence-corrected chi connectivity index (χ4v) is 3.36. The molecule has 0 saturated carbocycles. The number of nitro groups is 1. The van der Waals surface area contributed by atoms with E-state index in [4.69, 9.17) is 0 Å². The van der Waals surface area contributed by atoms with E-state index in [1.54, 1.807) is 37.3 Å². The quantitative estimate of drug-likeness (QED) is 0.587. The van der Waals surface area contributed by atoms with Crippen LogP contribution < -0.4 is 5.01 Å². The third-order valence-corrected chi connectivity index (χ3v) is 4.65. The van der Waals surface area contributed by atoms with Gasteiger partial charge in [-0.15, -0.1) is 0 Å². The average molecular weight is 373 g/mol. The van der Waals surface area contributed by atoms with Crippen LogP contribution in [0.5, 0.6) is 0 Å². The smallest absolute Gasteiger partial charge is 0.269 e. The summed E-state index contributed by atoms with van der Waals surface area (Å²) in [6, 6.07) is 18.3. The van der Waals surface area contributed by atoms with Gasteiger partial charge >= 0.3 is 0 Å². The molecule has 1 aliphatic heterocycles. The number of amides is 1. The van der Waals surface area contributed by atoms with Gasteiger partial charge in [-0.05, 0) is 24.6 Å². The van der Waals surface area contributed by atoms with Crippen molar-refractivity contribution in [2.75, 3.05) is 5.01 Å². The number of anilines is 1. The van der Waals surface area contributed by atoms with E-state index in [2.05, 4.69) is 5.10 Å². The molecule has 0 radical (unpaired) electrons. The van der Waals surface area contributed by atoms with E-state index in [-0.39, 0.29) is 11.6 Å². The highest BCUT2D eigenvalue weighted by atomic mass is 16.6. The van der Waals surface area contributed by atoms with Gasteiger partial charge in [-0.2, -0.15) is 15.6 Å². The summed E-state index contributed by atoms with van der Waals surface area (Å²) in [4.78, 5) is 23.7. The third-order valence-electron chi connectivity index (χ3n) is 4.65. The first-order valence-corrected chi connectivity index (χ1v) is 8.45. The summed E-state index contributed by atoms with van der Waals surface area (Å²) in [5.41, 5.74) is 1.22. The zero-order valence-corrected chi connectivity index (χ0v) is 14.9. The van der Waals surface area contributed by atoms with Crippen molar-refractivity contribution < 1.29 is 9.72 Å². The highest BCUT2D eigenvalue weighted by Gasteiger charge is 2.44. The number of nitriles is 2. The molecular weight excluding hydrogens is 358 g/mol. The van der Waals surface area contributed by atoms with Crippen LogP contribution in [0.2, 0.25) is 0 Å². The van der Waals surface area contributed by atoms with Gasteiger partial charge in [-0.1, -0.05) is 30.3 Å². The molecule has 0 aromatic heterocycles. The van der Waals surface area contributed by atoms with Crippen LogP contribution in [0.25, 0.3) is 0 Å². The fourth-order valence-electron chi connectivity index (χ4n) is 3.36. The van der Waals surface area contributed by atoms with Crippen LogP contribution in [0.15, 0.2) is 59.7 Å². The first-order chi connectivity index (χ1) is 13.5. The highest BCUT2D eigenvalue weighted by Crippen LogP contribution is 2.39. The maximum Gasteiger partial charge on any atom is 0.269 e. The number of nitro benzene ring substituents is 1. The van der Waals surface area contributed by atoms with E-state index in [1.807, 2.05) is 18.2 Å². The normalized spacial score (nSPS) is 17.0. The first-order valence-electron chi connectivity index (χ1n) is 8.45. The Bertz CT molecular complexity index is 1020. The molecule has 0 aliphatic carbocycles. The predicted molar refractivity (Wildman–Crippen MR) is 101 cm³/mol. The van der Waals surface area contributed by atoms with Crippen molar-refractivity contribution in [1.29, 1.82) is 10.5 Å². The lowest BCUT2D eigenvalue weighted by Crippen LogP contribution is -2.34. The van der Waals surface area contributed by atoms with Gasteiger partial charge in [0.2, 0.25) is 0 Å². The highest BCUT2D eigenvalue weighted by molar-refractivity contribution is 6.15. The van der Waals surface area contributed by atoms with Gasteiger partial charge in [0.05, 0.1) is 28.7 Å². The summed E-state index contributed by atoms with van der Waals surface area (Å²) < 4.78 is 0. The number of non-ortho nitro benzene ring substituents is 1. The number of hydrogen-bond donors (Lipinski definition) is 0. The average Bonchev–Trinajstić information content (AvgIpc) is 3.01. The maximum atomic E-state index is 13.1. The Balaban J connectivity index is 2.07. The summed E-state index contributed by atoms with van der Waals surface area (Å²) in [5.74, 6) is -3.29. The Morgan fingerprint density at radius 1 is 1.14 bits per heavy atom. The SMILES string of the molecule is CC1=NN(c2ccccc2)C(=O)[C@H]1[C@@H](c1cccc([N+](=O)[O-])c1)C(C#N)C#N. The molecule has 0 unspecified atom stereocenters. The van der Waals surface area contributed by atoms with Gasteiger partial charge in [-0.25, -0.2) is 5.01 Å². The molecular formula is C20H15N5O3. The van der Waals surface area contributed by atoms with Crippen molar-refractivity contribution in [3.05, 3.63) is 70.3 Å². The summed E-state index contributed by atoms with van der Waals surface area (Å²) >= 11 is 0. The molecule has 0 fully saturated rings. The number of hydrazone groups is 1. The van der Waals surface area contributed by atoms with Crippen LogP contribution in [0.1, 0.15) is 18.4 Å². The van der Waals surface area contributed by atoms with Crippen molar-refractivity contribution in [3.8, 4) is 12.1 Å². The molecule has 2 aromatic carbocycles. The van der Waals surface area contributed by atoms with E-state index in [1.165, 1.54) is 23.2 Å². The summed E-state index contributed by atoms with van der Waals surface area (Å²) in [6.07, 6.45) is 0. The summed E-state index contributed by atoms with van der Waals surface area (Å²) in [7, 11) is 0. The number of nitrogens with zero attached hydrogens (tertiary/aromatic N) is 5. The lowest BCUT2D eigenvalue weighted by atomic mass is 9.75. The van der Waals surface area contributed by atoms with E-state index >= 15 is 0 Å². The van der Waals surface area contributed by atoms with E-state index < -0.39 is 22.7 Å². The van der Waals surface area contributed by atoms with Gasteiger partial charge in [0.1, 0.15) is 5.92 Å². The number of carbonyl (C=O) groups excluding carboxylic acids is 1. The van der Waals surface area contributed by atoms with Crippen LogP contribution in [-0.4, -0.2) is 16.5 Å². The Morgan fingerprint density at radius 2 is 1.82 bits per heavy atom. The standard InChI is InChI=1S/C20H15N5O3/c1-13-18(20(26)24(23-13)16-7-3-2-4-8-16)19(15(11-21)12-22)14-6-5-9-17(10-14)25(27)28/h2-10,15,18-19H,1H3/t18-,19+/m1/s1. The largest absolute Gasteiger partial charge is 0.272 e. The predicted octanol–water partition coefficient (Wildman–Crippen LogP) is 3.38. The monoisotopic (exact) mass is 373 g/mol. The number of carbonyl (C=O) groups is 1. The van der Waals surface area contributed by atoms with Crippen molar-refractivity contribution >= 4 is 23.0 Å². The number of benzene rings is 2. The van der Waals surface area contributed by atoms with Crippen molar-refractivity contribution in [3.63, 3.8) is 0 Å². The molecule has 1 heterocycles. The van der Waals surface area contributed by atoms with Gasteiger partial charge in [-0.3, -0.25) is 14.9 Å². The minimum atomic E-state index is -1.17. The van der Waals surface area contributed by atoms with Crippen LogP contribution >= 0.6 is 0 Å². The van der Waals surface area contributed by atoms with Crippen LogP contribution in [0.3, 0.4) is 0 Å². The second kappa shape index (κ2) is 7.68. The van der Waals surface area contributed by atoms with Crippen molar-refractivity contribution in [2.24, 2.45) is 16.9 Å². The van der Waals surface area contributed by atoms with Crippen molar-refractivity contribution in [2.45, 2.75) is 12.8 Å². The zero-order valence-electron chi connectivity index (χ0n) is 14.9. The minimum absolute atomic E-state index is 0.169. The Labute approximate surface area is 161 Å². The molecule has 2 aromatic rings. The van der Waals surface area contributed by atoms with Crippen LogP contribution in [-0.2, 0) is 4.79 Å².